The van der Waals surface area contributed by atoms with Crippen LogP contribution in [0.4, 0.5) is 0 Å². The first-order valence-corrected chi connectivity index (χ1v) is 15.4. The maximum atomic E-state index is 13.4. The van der Waals surface area contributed by atoms with Gasteiger partial charge in [-0.1, -0.05) is 57.0 Å². The summed E-state index contributed by atoms with van der Waals surface area (Å²) in [6, 6.07) is 13.6. The number of aliphatic carboxylic acids is 1. The van der Waals surface area contributed by atoms with Gasteiger partial charge >= 0.3 is 5.97 Å². The van der Waals surface area contributed by atoms with Gasteiger partial charge in [-0.25, -0.2) is 4.79 Å². The van der Waals surface area contributed by atoms with Crippen LogP contribution in [-0.2, 0) is 16.1 Å². The molecule has 1 aliphatic heterocycles. The molecule has 1 heterocycles. The van der Waals surface area contributed by atoms with Crippen molar-refractivity contribution in [3.05, 3.63) is 59.2 Å². The third kappa shape index (κ3) is 8.57. The quantitative estimate of drug-likeness (QED) is 0.310. The second-order valence-corrected chi connectivity index (χ2v) is 11.7. The van der Waals surface area contributed by atoms with E-state index in [-0.39, 0.29) is 13.3 Å². The van der Waals surface area contributed by atoms with Crippen LogP contribution < -0.4 is 5.32 Å². The van der Waals surface area contributed by atoms with E-state index in [0.717, 1.165) is 48.4 Å². The number of ether oxygens (including phenoxy) is 1. The van der Waals surface area contributed by atoms with Gasteiger partial charge in [0.2, 0.25) is 0 Å². The standard InChI is InChI=1S/C31H42N2O4S.CH4/c1-22-9-6-7-13-26(22)28-19-23(14-15-27(28)30(34)32-29(31(35)36)16-18-38-2)20-33-17-8-10-24(33)21-37-25-11-4-3-5-12-25;/h6-7,9,13-15,19,24-25,29H,3-5,8,10-12,16-18,20-21H2,1-2H3,(H,32,34)(H,35,36);1H4/t24-,29-;/m0./s1. The predicted molar refractivity (Wildman–Crippen MR) is 161 cm³/mol. The fourth-order valence-electron chi connectivity index (χ4n) is 5.72. The van der Waals surface area contributed by atoms with Crippen molar-refractivity contribution in [3.8, 4) is 11.1 Å². The van der Waals surface area contributed by atoms with Crippen LogP contribution in [-0.4, -0.2) is 65.2 Å². The maximum absolute atomic E-state index is 13.4. The van der Waals surface area contributed by atoms with E-state index >= 15 is 0 Å². The van der Waals surface area contributed by atoms with Crippen LogP contribution >= 0.6 is 11.8 Å². The van der Waals surface area contributed by atoms with Gasteiger partial charge < -0.3 is 15.2 Å². The number of benzene rings is 2. The lowest BCUT2D eigenvalue weighted by atomic mass is 9.93. The van der Waals surface area contributed by atoms with Crippen molar-refractivity contribution in [3.63, 3.8) is 0 Å². The van der Waals surface area contributed by atoms with Gasteiger partial charge in [-0.3, -0.25) is 9.69 Å². The number of carbonyl (C=O) groups is 2. The van der Waals surface area contributed by atoms with Gasteiger partial charge in [-0.05, 0) is 92.0 Å². The second-order valence-electron chi connectivity index (χ2n) is 10.7. The van der Waals surface area contributed by atoms with E-state index in [2.05, 4.69) is 16.3 Å². The van der Waals surface area contributed by atoms with E-state index in [4.69, 9.17) is 4.74 Å². The Labute approximate surface area is 238 Å². The molecule has 4 rings (SSSR count). The van der Waals surface area contributed by atoms with Crippen molar-refractivity contribution in [2.75, 3.05) is 25.2 Å². The number of likely N-dealkylation sites (tertiary alicyclic amines) is 1. The summed E-state index contributed by atoms with van der Waals surface area (Å²) in [5.41, 5.74) is 4.59. The van der Waals surface area contributed by atoms with E-state index < -0.39 is 12.0 Å². The number of nitrogens with one attached hydrogen (secondary N) is 1. The molecule has 0 bridgehead atoms. The molecule has 1 saturated heterocycles. The molecule has 2 aliphatic rings. The number of carbonyl (C=O) groups excluding carboxylic acids is 1. The number of hydrogen-bond donors (Lipinski definition) is 2. The van der Waals surface area contributed by atoms with Crippen LogP contribution in [0.5, 0.6) is 0 Å². The van der Waals surface area contributed by atoms with Crippen LogP contribution in [0.25, 0.3) is 11.1 Å². The molecule has 2 aromatic rings. The highest BCUT2D eigenvalue weighted by Crippen LogP contribution is 2.30. The first-order valence-electron chi connectivity index (χ1n) is 14.0. The summed E-state index contributed by atoms with van der Waals surface area (Å²) in [5, 5.41) is 12.4. The minimum Gasteiger partial charge on any atom is -0.480 e. The summed E-state index contributed by atoms with van der Waals surface area (Å²) in [6.45, 7) is 4.70. The van der Waals surface area contributed by atoms with Crippen LogP contribution in [0.1, 0.15) is 80.3 Å². The second kappa shape index (κ2) is 15.4. The molecule has 2 atom stereocenters. The Morgan fingerprint density at radius 1 is 1.08 bits per heavy atom. The number of amides is 1. The van der Waals surface area contributed by atoms with Crippen LogP contribution in [0, 0.1) is 6.92 Å². The highest BCUT2D eigenvalue weighted by atomic mass is 32.2. The number of rotatable bonds is 12. The molecule has 0 spiro atoms. The average Bonchev–Trinajstić information content (AvgIpc) is 3.37. The minimum absolute atomic E-state index is 0. The predicted octanol–water partition coefficient (Wildman–Crippen LogP) is 6.55. The van der Waals surface area contributed by atoms with Crippen molar-refractivity contribution in [2.45, 2.75) is 90.4 Å². The third-order valence-corrected chi connectivity index (χ3v) is 8.58. The summed E-state index contributed by atoms with van der Waals surface area (Å²) >= 11 is 1.57. The zero-order valence-corrected chi connectivity index (χ0v) is 23.6. The molecule has 1 saturated carbocycles. The van der Waals surface area contributed by atoms with Crippen molar-refractivity contribution < 1.29 is 19.4 Å². The molecule has 7 heteroatoms. The number of carboxylic acid groups (broad SMARTS) is 1. The van der Waals surface area contributed by atoms with Crippen LogP contribution in [0.3, 0.4) is 0 Å². The number of hydrogen-bond acceptors (Lipinski definition) is 5. The summed E-state index contributed by atoms with van der Waals surface area (Å²) in [5.74, 6) is -0.678. The molecular formula is C32H46N2O4S. The summed E-state index contributed by atoms with van der Waals surface area (Å²) < 4.78 is 6.33. The Kier molecular flexibility index (Phi) is 12.3. The highest BCUT2D eigenvalue weighted by molar-refractivity contribution is 7.98. The van der Waals surface area contributed by atoms with Crippen LogP contribution in [0.2, 0.25) is 0 Å². The largest absolute Gasteiger partial charge is 0.480 e. The Morgan fingerprint density at radius 3 is 2.56 bits per heavy atom. The molecule has 2 fully saturated rings. The third-order valence-electron chi connectivity index (χ3n) is 7.94. The summed E-state index contributed by atoms with van der Waals surface area (Å²) in [4.78, 5) is 27.7. The molecule has 2 aromatic carbocycles. The summed E-state index contributed by atoms with van der Waals surface area (Å²) in [6.07, 6.45) is 11.4. The normalized spacial score (nSPS) is 18.9. The molecule has 0 radical (unpaired) electrons. The van der Waals surface area contributed by atoms with E-state index in [1.807, 2.05) is 49.6 Å². The average molecular weight is 555 g/mol. The fourth-order valence-corrected chi connectivity index (χ4v) is 6.19. The van der Waals surface area contributed by atoms with E-state index in [1.165, 1.54) is 38.5 Å². The molecule has 6 nitrogen and oxygen atoms in total. The molecule has 1 aliphatic carbocycles. The lowest BCUT2D eigenvalue weighted by molar-refractivity contribution is -0.139. The Hall–Kier alpha value is -2.35. The molecule has 214 valence electrons. The zero-order valence-electron chi connectivity index (χ0n) is 22.8. The van der Waals surface area contributed by atoms with Gasteiger partial charge in [0, 0.05) is 18.2 Å². The molecular weight excluding hydrogens is 508 g/mol. The molecule has 1 amide bonds. The van der Waals surface area contributed by atoms with E-state index in [0.29, 0.717) is 29.9 Å². The van der Waals surface area contributed by atoms with Crippen LogP contribution in [0.15, 0.2) is 42.5 Å². The molecule has 2 N–H and O–H groups in total. The smallest absolute Gasteiger partial charge is 0.326 e. The van der Waals surface area contributed by atoms with Gasteiger partial charge in [-0.15, -0.1) is 0 Å². The summed E-state index contributed by atoms with van der Waals surface area (Å²) in [7, 11) is 0. The molecule has 0 unspecified atom stereocenters. The number of nitrogens with zero attached hydrogens (tertiary/aromatic N) is 1. The first kappa shape index (κ1) is 31.2. The van der Waals surface area contributed by atoms with Crippen molar-refractivity contribution >= 4 is 23.6 Å². The number of thioether (sulfide) groups is 1. The fraction of sp³-hybridized carbons (Fsp3) is 0.562. The topological polar surface area (TPSA) is 78.9 Å². The lowest BCUT2D eigenvalue weighted by Crippen LogP contribution is -2.41. The molecule has 39 heavy (non-hydrogen) atoms. The van der Waals surface area contributed by atoms with Gasteiger partial charge in [0.1, 0.15) is 6.04 Å². The monoisotopic (exact) mass is 554 g/mol. The highest BCUT2D eigenvalue weighted by Gasteiger charge is 2.27. The Bertz CT molecular complexity index is 1090. The van der Waals surface area contributed by atoms with E-state index in [9.17, 15) is 14.7 Å². The zero-order chi connectivity index (χ0) is 26.9. The van der Waals surface area contributed by atoms with Gasteiger partial charge in [-0.2, -0.15) is 11.8 Å². The van der Waals surface area contributed by atoms with Crippen molar-refractivity contribution in [1.82, 2.24) is 10.2 Å². The lowest BCUT2D eigenvalue weighted by Gasteiger charge is -2.28. The maximum Gasteiger partial charge on any atom is 0.326 e. The van der Waals surface area contributed by atoms with Gasteiger partial charge in [0.25, 0.3) is 5.91 Å². The minimum atomic E-state index is -1.00. The van der Waals surface area contributed by atoms with Gasteiger partial charge in [0.05, 0.1) is 12.7 Å². The van der Waals surface area contributed by atoms with Crippen molar-refractivity contribution in [2.24, 2.45) is 0 Å². The first-order chi connectivity index (χ1) is 18.5. The van der Waals surface area contributed by atoms with Gasteiger partial charge in [0.15, 0.2) is 0 Å². The number of aryl methyl sites for hydroxylation is 1. The van der Waals surface area contributed by atoms with Crippen molar-refractivity contribution in [1.29, 1.82) is 0 Å². The Morgan fingerprint density at radius 2 is 1.85 bits per heavy atom. The molecule has 0 aromatic heterocycles. The SMILES string of the molecule is C.CSCC[C@H](NC(=O)c1ccc(CN2CCC[C@H]2COC2CCCCC2)cc1-c1ccccc1C)C(=O)O. The number of carboxylic acids is 1. The van der Waals surface area contributed by atoms with E-state index in [1.54, 1.807) is 11.8 Å². The Balaban J connectivity index is 0.00000420.